The number of halogens is 1. The number of furan rings is 1. The lowest BCUT2D eigenvalue weighted by molar-refractivity contribution is 0.0706. The number of nitrogens with one attached hydrogen (secondary N) is 1. The summed E-state index contributed by atoms with van der Waals surface area (Å²) in [4.78, 5) is 15.0. The summed E-state index contributed by atoms with van der Waals surface area (Å²) in [6.07, 6.45) is 2.11. The molecule has 1 unspecified atom stereocenters. The van der Waals surface area contributed by atoms with Crippen LogP contribution in [0.2, 0.25) is 0 Å². The summed E-state index contributed by atoms with van der Waals surface area (Å²) in [5.74, 6) is 0.509. The zero-order valence-corrected chi connectivity index (χ0v) is 15.4. The summed E-state index contributed by atoms with van der Waals surface area (Å²) in [6.45, 7) is 3.62. The van der Waals surface area contributed by atoms with Gasteiger partial charge in [-0.05, 0) is 32.2 Å². The van der Waals surface area contributed by atoms with E-state index in [9.17, 15) is 4.79 Å². The van der Waals surface area contributed by atoms with Crippen molar-refractivity contribution in [3.05, 3.63) is 47.7 Å². The number of likely N-dealkylation sites (N-methyl/N-ethyl adjacent to an activating group) is 1. The number of hydrogen-bond donors (Lipinski definition) is 1. The van der Waals surface area contributed by atoms with Crippen molar-refractivity contribution in [2.24, 2.45) is 0 Å². The van der Waals surface area contributed by atoms with Crippen LogP contribution in [0.4, 0.5) is 0 Å². The molecule has 0 aliphatic carbocycles. The third-order valence-electron chi connectivity index (χ3n) is 5.10. The summed E-state index contributed by atoms with van der Waals surface area (Å²) in [6, 6.07) is 12.5. The molecule has 1 N–H and O–H groups in total. The normalized spacial score (nSPS) is 17.2. The Labute approximate surface area is 153 Å². The first-order valence-corrected chi connectivity index (χ1v) is 8.57. The number of amides is 1. The van der Waals surface area contributed by atoms with Gasteiger partial charge in [-0.1, -0.05) is 36.4 Å². The Morgan fingerprint density at radius 1 is 1.24 bits per heavy atom. The van der Waals surface area contributed by atoms with Crippen molar-refractivity contribution in [2.45, 2.75) is 25.8 Å². The fourth-order valence-electron chi connectivity index (χ4n) is 3.83. The van der Waals surface area contributed by atoms with Crippen LogP contribution in [0, 0.1) is 6.92 Å². The lowest BCUT2D eigenvalue weighted by Crippen LogP contribution is -2.40. The lowest BCUT2D eigenvalue weighted by atomic mass is 10.1. The third-order valence-corrected chi connectivity index (χ3v) is 5.10. The number of nitrogens with zero attached hydrogens (tertiary/aromatic N) is 1. The number of fused-ring (bicyclic) bond motifs is 3. The Morgan fingerprint density at radius 2 is 2.04 bits per heavy atom. The topological polar surface area (TPSA) is 45.5 Å². The van der Waals surface area contributed by atoms with E-state index in [2.05, 4.69) is 29.6 Å². The van der Waals surface area contributed by atoms with Crippen LogP contribution in [0.5, 0.6) is 0 Å². The molecule has 0 radical (unpaired) electrons. The van der Waals surface area contributed by atoms with Crippen LogP contribution in [0.3, 0.4) is 0 Å². The Kier molecular flexibility index (Phi) is 5.02. The lowest BCUT2D eigenvalue weighted by Gasteiger charge is -2.23. The molecule has 1 saturated heterocycles. The predicted octanol–water partition coefficient (Wildman–Crippen LogP) is 4.14. The summed E-state index contributed by atoms with van der Waals surface area (Å²) in [7, 11) is 1.93. The third kappa shape index (κ3) is 2.90. The number of carbonyl (C=O) groups is 1. The van der Waals surface area contributed by atoms with Gasteiger partial charge in [0.1, 0.15) is 5.58 Å². The molecule has 1 aliphatic heterocycles. The summed E-state index contributed by atoms with van der Waals surface area (Å²) in [5.41, 5.74) is 1.76. The van der Waals surface area contributed by atoms with Gasteiger partial charge in [0.05, 0.1) is 0 Å². The summed E-state index contributed by atoms with van der Waals surface area (Å²) < 4.78 is 6.10. The molecule has 0 saturated carbocycles. The molecule has 0 spiro atoms. The van der Waals surface area contributed by atoms with Crippen molar-refractivity contribution in [3.63, 3.8) is 0 Å². The smallest absolute Gasteiger partial charge is 0.290 e. The Hall–Kier alpha value is -2.04. The van der Waals surface area contributed by atoms with Crippen LogP contribution in [0.15, 0.2) is 40.8 Å². The van der Waals surface area contributed by atoms with E-state index in [0.29, 0.717) is 5.76 Å². The highest BCUT2D eigenvalue weighted by Gasteiger charge is 2.32. The first kappa shape index (κ1) is 17.8. The minimum atomic E-state index is 0. The Morgan fingerprint density at radius 3 is 2.84 bits per heavy atom. The molecule has 4 nitrogen and oxygen atoms in total. The zero-order chi connectivity index (χ0) is 16.7. The second-order valence-corrected chi connectivity index (χ2v) is 6.57. The van der Waals surface area contributed by atoms with Gasteiger partial charge in [-0.15, -0.1) is 12.4 Å². The maximum atomic E-state index is 13.1. The molecule has 3 aromatic rings. The second kappa shape index (κ2) is 7.06. The fourth-order valence-corrected chi connectivity index (χ4v) is 3.83. The van der Waals surface area contributed by atoms with Gasteiger partial charge in [-0.2, -0.15) is 0 Å². The van der Waals surface area contributed by atoms with E-state index in [4.69, 9.17) is 4.42 Å². The second-order valence-electron chi connectivity index (χ2n) is 6.57. The zero-order valence-electron chi connectivity index (χ0n) is 14.5. The molecule has 2 aromatic carbocycles. The molecule has 2 heterocycles. The highest BCUT2D eigenvalue weighted by molar-refractivity contribution is 6.08. The van der Waals surface area contributed by atoms with Crippen molar-refractivity contribution in [2.75, 3.05) is 20.1 Å². The largest absolute Gasteiger partial charge is 0.450 e. The van der Waals surface area contributed by atoms with Crippen molar-refractivity contribution < 1.29 is 9.21 Å². The highest BCUT2D eigenvalue weighted by atomic mass is 35.5. The average molecular weight is 359 g/mol. The van der Waals surface area contributed by atoms with Gasteiger partial charge in [0.25, 0.3) is 5.91 Å². The van der Waals surface area contributed by atoms with Crippen molar-refractivity contribution >= 4 is 40.1 Å². The minimum Gasteiger partial charge on any atom is -0.450 e. The number of benzene rings is 2. The average Bonchev–Trinajstić information content (AvgIpc) is 3.20. The maximum absolute atomic E-state index is 13.1. The van der Waals surface area contributed by atoms with E-state index in [1.54, 1.807) is 0 Å². The van der Waals surface area contributed by atoms with Gasteiger partial charge in [-0.25, -0.2) is 0 Å². The molecule has 25 heavy (non-hydrogen) atoms. The number of likely N-dealkylation sites (tertiary alicyclic amines) is 1. The van der Waals surface area contributed by atoms with Crippen LogP contribution in [-0.4, -0.2) is 37.0 Å². The number of carbonyl (C=O) groups excluding carboxylic acids is 1. The van der Waals surface area contributed by atoms with Gasteiger partial charge in [0, 0.05) is 35.5 Å². The standard InChI is InChI=1S/C20H22N2O2.ClH/c1-13-16-10-9-14-6-3-4-8-17(14)19(16)24-18(13)20(23)22-11-5-7-15(22)12-21-2;/h3-4,6,8-10,15,21H,5,7,11-12H2,1-2H3;1H. The monoisotopic (exact) mass is 358 g/mol. The first-order chi connectivity index (χ1) is 11.7. The number of aryl methyl sites for hydroxylation is 1. The van der Waals surface area contributed by atoms with Crippen LogP contribution >= 0.6 is 12.4 Å². The molecule has 4 rings (SSSR count). The number of rotatable bonds is 3. The van der Waals surface area contributed by atoms with Crippen molar-refractivity contribution in [1.82, 2.24) is 10.2 Å². The molecular weight excluding hydrogens is 336 g/mol. The maximum Gasteiger partial charge on any atom is 0.290 e. The molecule has 1 aliphatic rings. The van der Waals surface area contributed by atoms with E-state index in [1.807, 2.05) is 31.0 Å². The quantitative estimate of drug-likeness (QED) is 0.765. The van der Waals surface area contributed by atoms with E-state index >= 15 is 0 Å². The van der Waals surface area contributed by atoms with Gasteiger partial charge < -0.3 is 14.6 Å². The van der Waals surface area contributed by atoms with Gasteiger partial charge in [-0.3, -0.25) is 4.79 Å². The van der Waals surface area contributed by atoms with E-state index in [1.165, 1.54) is 0 Å². The molecule has 5 heteroatoms. The SMILES string of the molecule is CNCC1CCCN1C(=O)c1oc2c(ccc3ccccc32)c1C.Cl. The molecule has 0 bridgehead atoms. The summed E-state index contributed by atoms with van der Waals surface area (Å²) in [5, 5.41) is 6.41. The van der Waals surface area contributed by atoms with E-state index in [-0.39, 0.29) is 24.4 Å². The predicted molar refractivity (Wildman–Crippen MR) is 104 cm³/mol. The highest BCUT2D eigenvalue weighted by Crippen LogP contribution is 2.33. The molecule has 1 aromatic heterocycles. The van der Waals surface area contributed by atoms with Crippen molar-refractivity contribution in [1.29, 1.82) is 0 Å². The Balaban J connectivity index is 0.00000182. The van der Waals surface area contributed by atoms with E-state index in [0.717, 1.165) is 53.2 Å². The van der Waals surface area contributed by atoms with Gasteiger partial charge in [0.2, 0.25) is 0 Å². The van der Waals surface area contributed by atoms with Crippen LogP contribution < -0.4 is 5.32 Å². The van der Waals surface area contributed by atoms with E-state index < -0.39 is 0 Å². The molecule has 132 valence electrons. The van der Waals surface area contributed by atoms with Crippen LogP contribution in [-0.2, 0) is 0 Å². The summed E-state index contributed by atoms with van der Waals surface area (Å²) >= 11 is 0. The first-order valence-electron chi connectivity index (χ1n) is 8.57. The van der Waals surface area contributed by atoms with Crippen LogP contribution in [0.1, 0.15) is 29.0 Å². The molecule has 1 fully saturated rings. The minimum absolute atomic E-state index is 0. The van der Waals surface area contributed by atoms with Crippen molar-refractivity contribution in [3.8, 4) is 0 Å². The fraction of sp³-hybridized carbons (Fsp3) is 0.350. The molecule has 1 atom stereocenters. The van der Waals surface area contributed by atoms with Gasteiger partial charge in [0.15, 0.2) is 5.76 Å². The van der Waals surface area contributed by atoms with Crippen LogP contribution in [0.25, 0.3) is 21.7 Å². The molecular formula is C20H23ClN2O2. The number of hydrogen-bond acceptors (Lipinski definition) is 3. The van der Waals surface area contributed by atoms with Gasteiger partial charge >= 0.3 is 0 Å². The molecule has 1 amide bonds. The Bertz CT molecular complexity index is 919.